The van der Waals surface area contributed by atoms with E-state index in [1.165, 1.54) is 6.07 Å². The van der Waals surface area contributed by atoms with E-state index in [4.69, 9.17) is 4.74 Å². The van der Waals surface area contributed by atoms with Crippen molar-refractivity contribution in [2.45, 2.75) is 0 Å². The summed E-state index contributed by atoms with van der Waals surface area (Å²) in [5.41, 5.74) is 0.282. The van der Waals surface area contributed by atoms with Crippen LogP contribution in [0.25, 0.3) is 0 Å². The van der Waals surface area contributed by atoms with Crippen LogP contribution in [0.4, 0.5) is 10.1 Å². The Hall–Kier alpha value is -0.900. The van der Waals surface area contributed by atoms with E-state index in [-0.39, 0.29) is 11.5 Å². The average molecular weight is 230 g/mol. The maximum Gasteiger partial charge on any atom is 0.153 e. The molecule has 2 nitrogen and oxygen atoms in total. The minimum Gasteiger partial charge on any atom is -0.486 e. The predicted octanol–water partition coefficient (Wildman–Crippen LogP) is 2.68. The standard InChI is InChI=1S/C8H5BrFNO/c9-5-3-6(10)8-7(4-5)12-2-1-11-8/h1,3-4H,2H2. The van der Waals surface area contributed by atoms with E-state index in [0.29, 0.717) is 16.8 Å². The summed E-state index contributed by atoms with van der Waals surface area (Å²) in [5.74, 6) is 0.125. The van der Waals surface area contributed by atoms with Gasteiger partial charge in [-0.2, -0.15) is 0 Å². The Labute approximate surface area is 77.2 Å². The number of rotatable bonds is 0. The van der Waals surface area contributed by atoms with Gasteiger partial charge in [0.1, 0.15) is 18.0 Å². The zero-order valence-corrected chi connectivity index (χ0v) is 7.64. The van der Waals surface area contributed by atoms with Crippen molar-refractivity contribution in [1.82, 2.24) is 0 Å². The second-order valence-electron chi connectivity index (χ2n) is 2.36. The summed E-state index contributed by atoms with van der Waals surface area (Å²) in [4.78, 5) is 3.89. The molecule has 0 fully saturated rings. The number of hydrogen-bond donors (Lipinski definition) is 0. The van der Waals surface area contributed by atoms with Crippen molar-refractivity contribution in [1.29, 1.82) is 0 Å². The summed E-state index contributed by atoms with van der Waals surface area (Å²) in [6.07, 6.45) is 1.54. The van der Waals surface area contributed by atoms with Crippen molar-refractivity contribution in [3.63, 3.8) is 0 Å². The molecule has 0 spiro atoms. The highest BCUT2D eigenvalue weighted by Crippen LogP contribution is 2.35. The summed E-state index contributed by atoms with van der Waals surface area (Å²) >= 11 is 3.17. The van der Waals surface area contributed by atoms with Gasteiger partial charge in [0.25, 0.3) is 0 Å². The highest BCUT2D eigenvalue weighted by Gasteiger charge is 2.12. The van der Waals surface area contributed by atoms with Crippen molar-refractivity contribution in [3.05, 3.63) is 22.4 Å². The third-order valence-electron chi connectivity index (χ3n) is 1.53. The first-order chi connectivity index (χ1) is 5.77. The number of ether oxygens (including phenoxy) is 1. The summed E-state index contributed by atoms with van der Waals surface area (Å²) < 4.78 is 18.9. The minimum atomic E-state index is -0.365. The highest BCUT2D eigenvalue weighted by molar-refractivity contribution is 9.10. The molecule has 0 saturated heterocycles. The SMILES string of the molecule is Fc1cc(Br)cc2c1N=CCO2. The molecule has 1 aromatic carbocycles. The number of nitrogens with zero attached hydrogens (tertiary/aromatic N) is 1. The van der Waals surface area contributed by atoms with Crippen molar-refractivity contribution in [2.75, 3.05) is 6.61 Å². The largest absolute Gasteiger partial charge is 0.486 e. The molecule has 1 heterocycles. The van der Waals surface area contributed by atoms with E-state index in [9.17, 15) is 4.39 Å². The number of benzene rings is 1. The normalized spacial score (nSPS) is 13.8. The van der Waals surface area contributed by atoms with Crippen LogP contribution in [-0.2, 0) is 0 Å². The van der Waals surface area contributed by atoms with Gasteiger partial charge in [0.2, 0.25) is 0 Å². The Morgan fingerprint density at radius 3 is 3.17 bits per heavy atom. The van der Waals surface area contributed by atoms with Gasteiger partial charge in [0.15, 0.2) is 5.82 Å². The van der Waals surface area contributed by atoms with E-state index in [2.05, 4.69) is 20.9 Å². The second-order valence-corrected chi connectivity index (χ2v) is 3.27. The first-order valence-corrected chi connectivity index (χ1v) is 4.21. The van der Waals surface area contributed by atoms with Crippen LogP contribution in [0.2, 0.25) is 0 Å². The van der Waals surface area contributed by atoms with Crippen LogP contribution in [0.3, 0.4) is 0 Å². The first kappa shape index (κ1) is 7.73. The number of aliphatic imine (C=N–C) groups is 1. The Morgan fingerprint density at radius 1 is 1.50 bits per heavy atom. The average Bonchev–Trinajstić information content (AvgIpc) is 2.04. The van der Waals surface area contributed by atoms with Gasteiger partial charge in [0, 0.05) is 10.7 Å². The number of halogens is 2. The molecule has 0 aromatic heterocycles. The molecule has 0 amide bonds. The smallest absolute Gasteiger partial charge is 0.153 e. The van der Waals surface area contributed by atoms with Gasteiger partial charge < -0.3 is 4.74 Å². The van der Waals surface area contributed by atoms with Crippen molar-refractivity contribution in [3.8, 4) is 5.75 Å². The lowest BCUT2D eigenvalue weighted by Gasteiger charge is -2.11. The second kappa shape index (κ2) is 2.86. The fraction of sp³-hybridized carbons (Fsp3) is 0.125. The predicted molar refractivity (Wildman–Crippen MR) is 47.7 cm³/mol. The molecule has 1 aliphatic rings. The summed E-state index contributed by atoms with van der Waals surface area (Å²) in [6, 6.07) is 3.07. The molecular formula is C8H5BrFNO. The van der Waals surface area contributed by atoms with Crippen molar-refractivity contribution >= 4 is 27.8 Å². The summed E-state index contributed by atoms with van der Waals surface area (Å²) in [6.45, 7) is 0.406. The van der Waals surface area contributed by atoms with Crippen LogP contribution >= 0.6 is 15.9 Å². The van der Waals surface area contributed by atoms with E-state index in [1.807, 2.05) is 0 Å². The monoisotopic (exact) mass is 229 g/mol. The zero-order chi connectivity index (χ0) is 8.55. The van der Waals surface area contributed by atoms with Gasteiger partial charge in [-0.15, -0.1) is 0 Å². The Bertz CT molecular complexity index is 351. The van der Waals surface area contributed by atoms with E-state index >= 15 is 0 Å². The molecule has 0 N–H and O–H groups in total. The molecule has 0 saturated carbocycles. The molecule has 0 aliphatic carbocycles. The molecule has 0 bridgehead atoms. The fourth-order valence-corrected chi connectivity index (χ4v) is 1.44. The maximum atomic E-state index is 13.1. The first-order valence-electron chi connectivity index (χ1n) is 3.42. The summed E-state index contributed by atoms with van der Waals surface area (Å²) in [5, 5.41) is 0. The lowest BCUT2D eigenvalue weighted by atomic mass is 10.2. The molecule has 4 heteroatoms. The van der Waals surface area contributed by atoms with Crippen LogP contribution in [0.1, 0.15) is 0 Å². The van der Waals surface area contributed by atoms with Crippen LogP contribution in [0, 0.1) is 5.82 Å². The van der Waals surface area contributed by atoms with Gasteiger partial charge in [-0.3, -0.25) is 4.99 Å². The lowest BCUT2D eigenvalue weighted by molar-refractivity contribution is 0.373. The highest BCUT2D eigenvalue weighted by atomic mass is 79.9. The van der Waals surface area contributed by atoms with Crippen LogP contribution in [0.5, 0.6) is 5.75 Å². The molecule has 1 aromatic rings. The summed E-state index contributed by atoms with van der Waals surface area (Å²) in [7, 11) is 0. The molecule has 1 aliphatic heterocycles. The fourth-order valence-electron chi connectivity index (χ4n) is 1.03. The van der Waals surface area contributed by atoms with E-state index in [0.717, 1.165) is 0 Å². The van der Waals surface area contributed by atoms with Crippen LogP contribution < -0.4 is 4.74 Å². The Balaban J connectivity index is 2.62. The molecular weight excluding hydrogens is 225 g/mol. The Kier molecular flexibility index (Phi) is 1.84. The molecule has 0 unspecified atom stereocenters. The van der Waals surface area contributed by atoms with Gasteiger partial charge in [0.05, 0.1) is 0 Å². The van der Waals surface area contributed by atoms with Crippen LogP contribution in [0.15, 0.2) is 21.6 Å². The zero-order valence-electron chi connectivity index (χ0n) is 6.05. The van der Waals surface area contributed by atoms with Crippen molar-refractivity contribution in [2.24, 2.45) is 4.99 Å². The molecule has 2 rings (SSSR count). The molecule has 0 radical (unpaired) electrons. The van der Waals surface area contributed by atoms with E-state index in [1.54, 1.807) is 12.3 Å². The molecule has 62 valence electrons. The number of hydrogen-bond acceptors (Lipinski definition) is 2. The topological polar surface area (TPSA) is 21.6 Å². The third kappa shape index (κ3) is 1.22. The quantitative estimate of drug-likeness (QED) is 0.671. The molecule has 12 heavy (non-hydrogen) atoms. The van der Waals surface area contributed by atoms with Crippen LogP contribution in [-0.4, -0.2) is 12.8 Å². The number of fused-ring (bicyclic) bond motifs is 1. The van der Waals surface area contributed by atoms with Gasteiger partial charge in [-0.25, -0.2) is 4.39 Å². The third-order valence-corrected chi connectivity index (χ3v) is 1.98. The molecule has 0 atom stereocenters. The Morgan fingerprint density at radius 2 is 2.33 bits per heavy atom. The lowest BCUT2D eigenvalue weighted by Crippen LogP contribution is -2.03. The maximum absolute atomic E-state index is 13.1. The minimum absolute atomic E-state index is 0.282. The van der Waals surface area contributed by atoms with Gasteiger partial charge in [-0.1, -0.05) is 15.9 Å². The van der Waals surface area contributed by atoms with Crippen molar-refractivity contribution < 1.29 is 9.13 Å². The van der Waals surface area contributed by atoms with Gasteiger partial charge >= 0.3 is 0 Å². The van der Waals surface area contributed by atoms with E-state index < -0.39 is 0 Å². The van der Waals surface area contributed by atoms with Gasteiger partial charge in [-0.05, 0) is 12.1 Å².